The normalized spacial score (nSPS) is 18.0. The number of ether oxygens (including phenoxy) is 1. The molecular weight excluding hydrogens is 274 g/mol. The summed E-state index contributed by atoms with van der Waals surface area (Å²) in [5.74, 6) is 0.578. The number of nitrogens with zero attached hydrogens (tertiary/aromatic N) is 2. The van der Waals surface area contributed by atoms with E-state index in [1.165, 1.54) is 12.0 Å². The van der Waals surface area contributed by atoms with Crippen LogP contribution in [0, 0.1) is 0 Å². The van der Waals surface area contributed by atoms with Gasteiger partial charge in [0.2, 0.25) is 0 Å². The highest BCUT2D eigenvalue weighted by Gasteiger charge is 2.19. The number of pyridine rings is 1. The van der Waals surface area contributed by atoms with Crippen LogP contribution in [0.2, 0.25) is 0 Å². The van der Waals surface area contributed by atoms with E-state index in [1.54, 1.807) is 0 Å². The SMILES string of the molecule is Nc1cccc(CN(Cc2ccccc2)C[C@H]2CCCO2)n1. The number of aromatic nitrogens is 1. The van der Waals surface area contributed by atoms with Gasteiger partial charge in [0.15, 0.2) is 0 Å². The maximum atomic E-state index is 5.80. The number of nitrogen functional groups attached to an aromatic ring is 1. The second kappa shape index (κ2) is 7.38. The van der Waals surface area contributed by atoms with E-state index in [0.717, 1.165) is 38.4 Å². The second-order valence-corrected chi connectivity index (χ2v) is 5.84. The third-order valence-corrected chi connectivity index (χ3v) is 3.95. The molecule has 0 spiro atoms. The monoisotopic (exact) mass is 297 g/mol. The number of nitrogens with two attached hydrogens (primary N) is 1. The van der Waals surface area contributed by atoms with Crippen LogP contribution in [0.3, 0.4) is 0 Å². The summed E-state index contributed by atoms with van der Waals surface area (Å²) in [6.07, 6.45) is 2.65. The van der Waals surface area contributed by atoms with Crippen LogP contribution in [0.4, 0.5) is 5.82 Å². The summed E-state index contributed by atoms with van der Waals surface area (Å²) in [6, 6.07) is 16.4. The van der Waals surface area contributed by atoms with Crippen LogP contribution in [0.1, 0.15) is 24.1 Å². The minimum atomic E-state index is 0.338. The summed E-state index contributed by atoms with van der Waals surface area (Å²) in [4.78, 5) is 6.82. The molecule has 1 saturated heterocycles. The predicted molar refractivity (Wildman–Crippen MR) is 88.2 cm³/mol. The van der Waals surface area contributed by atoms with E-state index < -0.39 is 0 Å². The van der Waals surface area contributed by atoms with Crippen molar-refractivity contribution in [2.24, 2.45) is 0 Å². The first kappa shape index (κ1) is 15.0. The molecule has 0 amide bonds. The minimum Gasteiger partial charge on any atom is -0.384 e. The smallest absolute Gasteiger partial charge is 0.123 e. The Morgan fingerprint density at radius 3 is 2.68 bits per heavy atom. The third-order valence-electron chi connectivity index (χ3n) is 3.95. The molecule has 0 bridgehead atoms. The Bertz CT molecular complexity index is 582. The topological polar surface area (TPSA) is 51.4 Å². The Balaban J connectivity index is 1.70. The molecule has 116 valence electrons. The zero-order chi connectivity index (χ0) is 15.2. The van der Waals surface area contributed by atoms with Gasteiger partial charge in [0.05, 0.1) is 11.8 Å². The summed E-state index contributed by atoms with van der Waals surface area (Å²) in [7, 11) is 0. The summed E-state index contributed by atoms with van der Waals surface area (Å²) in [6.45, 7) is 3.52. The van der Waals surface area contributed by atoms with E-state index in [0.29, 0.717) is 11.9 Å². The van der Waals surface area contributed by atoms with Gasteiger partial charge in [0.1, 0.15) is 5.82 Å². The van der Waals surface area contributed by atoms with Crippen molar-refractivity contribution < 1.29 is 4.74 Å². The van der Waals surface area contributed by atoms with Gasteiger partial charge in [-0.3, -0.25) is 4.90 Å². The van der Waals surface area contributed by atoms with Gasteiger partial charge in [-0.1, -0.05) is 36.4 Å². The van der Waals surface area contributed by atoms with E-state index in [9.17, 15) is 0 Å². The standard InChI is InChI=1S/C18H23N3O/c19-18-10-4-8-16(20-18)13-21(14-17-9-5-11-22-17)12-15-6-2-1-3-7-15/h1-4,6-8,10,17H,5,9,11-14H2,(H2,19,20)/t17-/m1/s1. The number of rotatable bonds is 6. The number of hydrogen-bond donors (Lipinski definition) is 1. The van der Waals surface area contributed by atoms with Crippen molar-refractivity contribution in [3.8, 4) is 0 Å². The molecule has 1 aromatic carbocycles. The highest BCUT2D eigenvalue weighted by atomic mass is 16.5. The van der Waals surface area contributed by atoms with Gasteiger partial charge < -0.3 is 10.5 Å². The first-order valence-electron chi connectivity index (χ1n) is 7.89. The van der Waals surface area contributed by atoms with Gasteiger partial charge in [0.25, 0.3) is 0 Å². The third kappa shape index (κ3) is 4.29. The van der Waals surface area contributed by atoms with Crippen LogP contribution in [-0.2, 0) is 17.8 Å². The Morgan fingerprint density at radius 1 is 1.09 bits per heavy atom. The molecule has 2 N–H and O–H groups in total. The van der Waals surface area contributed by atoms with Crippen molar-refractivity contribution in [2.45, 2.75) is 32.0 Å². The molecule has 22 heavy (non-hydrogen) atoms. The van der Waals surface area contributed by atoms with Crippen molar-refractivity contribution in [3.05, 3.63) is 59.8 Å². The lowest BCUT2D eigenvalue weighted by molar-refractivity contribution is 0.0675. The minimum absolute atomic E-state index is 0.338. The van der Waals surface area contributed by atoms with Crippen molar-refractivity contribution in [2.75, 3.05) is 18.9 Å². The van der Waals surface area contributed by atoms with E-state index >= 15 is 0 Å². The molecule has 1 fully saturated rings. The molecule has 0 saturated carbocycles. The number of hydrogen-bond acceptors (Lipinski definition) is 4. The average molecular weight is 297 g/mol. The average Bonchev–Trinajstić information content (AvgIpc) is 3.01. The fourth-order valence-corrected chi connectivity index (χ4v) is 2.92. The van der Waals surface area contributed by atoms with Crippen LogP contribution >= 0.6 is 0 Å². The van der Waals surface area contributed by atoms with Gasteiger partial charge >= 0.3 is 0 Å². The van der Waals surface area contributed by atoms with Crippen molar-refractivity contribution >= 4 is 5.82 Å². The maximum absolute atomic E-state index is 5.80. The van der Waals surface area contributed by atoms with E-state index in [2.05, 4.69) is 34.1 Å². The highest BCUT2D eigenvalue weighted by Crippen LogP contribution is 2.17. The Kier molecular flexibility index (Phi) is 5.03. The number of anilines is 1. The fourth-order valence-electron chi connectivity index (χ4n) is 2.92. The number of benzene rings is 1. The molecule has 1 atom stereocenters. The lowest BCUT2D eigenvalue weighted by Gasteiger charge is -2.25. The molecule has 4 nitrogen and oxygen atoms in total. The van der Waals surface area contributed by atoms with Crippen molar-refractivity contribution in [1.82, 2.24) is 9.88 Å². The maximum Gasteiger partial charge on any atom is 0.123 e. The molecule has 1 aromatic heterocycles. The summed E-state index contributed by atoms with van der Waals surface area (Å²) in [5.41, 5.74) is 8.11. The van der Waals surface area contributed by atoms with Crippen LogP contribution in [-0.4, -0.2) is 29.1 Å². The molecule has 3 rings (SSSR count). The summed E-state index contributed by atoms with van der Waals surface area (Å²) in [5, 5.41) is 0. The highest BCUT2D eigenvalue weighted by molar-refractivity contribution is 5.28. The lowest BCUT2D eigenvalue weighted by atomic mass is 10.1. The molecule has 4 heteroatoms. The van der Waals surface area contributed by atoms with Crippen LogP contribution in [0.15, 0.2) is 48.5 Å². The molecule has 2 heterocycles. The van der Waals surface area contributed by atoms with Crippen molar-refractivity contribution in [3.63, 3.8) is 0 Å². The first-order chi connectivity index (χ1) is 10.8. The molecular formula is C18H23N3O. The van der Waals surface area contributed by atoms with E-state index in [-0.39, 0.29) is 0 Å². The zero-order valence-electron chi connectivity index (χ0n) is 12.8. The Morgan fingerprint density at radius 2 is 1.95 bits per heavy atom. The largest absolute Gasteiger partial charge is 0.384 e. The lowest BCUT2D eigenvalue weighted by Crippen LogP contribution is -2.31. The van der Waals surface area contributed by atoms with Gasteiger partial charge in [-0.05, 0) is 30.5 Å². The van der Waals surface area contributed by atoms with Gasteiger partial charge in [-0.15, -0.1) is 0 Å². The molecule has 0 radical (unpaired) electrons. The molecule has 1 aliphatic rings. The Labute approximate surface area is 131 Å². The molecule has 1 aliphatic heterocycles. The fraction of sp³-hybridized carbons (Fsp3) is 0.389. The van der Waals surface area contributed by atoms with Gasteiger partial charge in [0, 0.05) is 26.2 Å². The molecule has 0 aliphatic carbocycles. The summed E-state index contributed by atoms with van der Waals surface area (Å²) < 4.78 is 5.80. The molecule has 0 unspecified atom stereocenters. The van der Waals surface area contributed by atoms with Crippen molar-refractivity contribution in [1.29, 1.82) is 0 Å². The van der Waals surface area contributed by atoms with Crippen LogP contribution < -0.4 is 5.73 Å². The van der Waals surface area contributed by atoms with Crippen LogP contribution in [0.25, 0.3) is 0 Å². The van der Waals surface area contributed by atoms with Crippen LogP contribution in [0.5, 0.6) is 0 Å². The first-order valence-corrected chi connectivity index (χ1v) is 7.89. The van der Waals surface area contributed by atoms with Gasteiger partial charge in [-0.2, -0.15) is 0 Å². The molecule has 2 aromatic rings. The quantitative estimate of drug-likeness (QED) is 0.891. The Hall–Kier alpha value is -1.91. The van der Waals surface area contributed by atoms with Gasteiger partial charge in [-0.25, -0.2) is 4.98 Å². The predicted octanol–water partition coefficient (Wildman–Crippen LogP) is 2.85. The van der Waals surface area contributed by atoms with E-state index in [1.807, 2.05) is 24.3 Å². The van der Waals surface area contributed by atoms with E-state index in [4.69, 9.17) is 10.5 Å². The second-order valence-electron chi connectivity index (χ2n) is 5.84. The zero-order valence-corrected chi connectivity index (χ0v) is 12.8. The summed E-state index contributed by atoms with van der Waals surface area (Å²) >= 11 is 0.